The Morgan fingerprint density at radius 2 is 1.94 bits per heavy atom. The van der Waals surface area contributed by atoms with Crippen LogP contribution in [0.5, 0.6) is 0 Å². The molecule has 0 bridgehead atoms. The van der Waals surface area contributed by atoms with E-state index in [2.05, 4.69) is 68.9 Å². The first-order chi connectivity index (χ1) is 15.6. The molecule has 3 aromatic heterocycles. The van der Waals surface area contributed by atoms with Crippen LogP contribution in [0.1, 0.15) is 30.5 Å². The highest BCUT2D eigenvalue weighted by atomic mass is 15.1. The smallest absolute Gasteiger partial charge is 0.116 e. The summed E-state index contributed by atoms with van der Waals surface area (Å²) in [7, 11) is 0. The van der Waals surface area contributed by atoms with Crippen LogP contribution in [-0.2, 0) is 0 Å². The number of fused-ring (bicyclic) bond motifs is 1. The largest absolute Gasteiger partial charge is 0.397 e. The maximum Gasteiger partial charge on any atom is 0.116 e. The van der Waals surface area contributed by atoms with Gasteiger partial charge in [0.05, 0.1) is 16.9 Å². The van der Waals surface area contributed by atoms with Crippen molar-refractivity contribution in [2.24, 2.45) is 0 Å². The number of aryl methyl sites for hydroxylation is 1. The van der Waals surface area contributed by atoms with E-state index in [4.69, 9.17) is 5.73 Å². The molecule has 1 aromatic carbocycles. The van der Waals surface area contributed by atoms with Crippen molar-refractivity contribution in [3.05, 3.63) is 72.7 Å². The van der Waals surface area contributed by atoms with Crippen LogP contribution in [0.25, 0.3) is 39.1 Å². The normalized spacial score (nSPS) is 14.8. The maximum absolute atomic E-state index is 5.94. The summed E-state index contributed by atoms with van der Waals surface area (Å²) in [5.41, 5.74) is 15.1. The van der Waals surface area contributed by atoms with E-state index in [-0.39, 0.29) is 0 Å². The first kappa shape index (κ1) is 20.1. The highest BCUT2D eigenvalue weighted by Gasteiger charge is 2.20. The van der Waals surface area contributed by atoms with Crippen LogP contribution in [0, 0.1) is 6.92 Å². The van der Waals surface area contributed by atoms with Crippen LogP contribution in [0.3, 0.4) is 0 Å². The number of hydrogen-bond acceptors (Lipinski definition) is 4. The van der Waals surface area contributed by atoms with E-state index in [1.807, 2.05) is 18.3 Å². The van der Waals surface area contributed by atoms with Crippen molar-refractivity contribution in [3.63, 3.8) is 0 Å². The van der Waals surface area contributed by atoms with E-state index >= 15 is 0 Å². The number of nitrogens with one attached hydrogen (secondary N) is 2. The molecule has 162 valence electrons. The number of piperidine rings is 1. The van der Waals surface area contributed by atoms with Crippen molar-refractivity contribution in [2.45, 2.75) is 26.2 Å². The van der Waals surface area contributed by atoms with Crippen LogP contribution in [0.2, 0.25) is 0 Å². The fourth-order valence-corrected chi connectivity index (χ4v) is 4.58. The molecule has 1 fully saturated rings. The Hall–Kier alpha value is -3.80. The molecule has 0 amide bonds. The monoisotopic (exact) mass is 424 g/mol. The molecular weight excluding hydrogens is 396 g/mol. The lowest BCUT2D eigenvalue weighted by Crippen LogP contribution is -2.28. The van der Waals surface area contributed by atoms with Crippen molar-refractivity contribution >= 4 is 22.3 Å². The summed E-state index contributed by atoms with van der Waals surface area (Å²) in [6.45, 7) is 8.24. The van der Waals surface area contributed by atoms with Gasteiger partial charge in [0.15, 0.2) is 0 Å². The Morgan fingerprint density at radius 3 is 2.72 bits per heavy atom. The minimum atomic E-state index is 0.652. The van der Waals surface area contributed by atoms with E-state index in [1.54, 1.807) is 6.20 Å². The van der Waals surface area contributed by atoms with Gasteiger partial charge < -0.3 is 15.6 Å². The van der Waals surface area contributed by atoms with Gasteiger partial charge in [-0.1, -0.05) is 18.7 Å². The number of nitrogen functional groups attached to an aromatic ring is 1. The van der Waals surface area contributed by atoms with Gasteiger partial charge in [0, 0.05) is 53.4 Å². The average molecular weight is 425 g/mol. The first-order valence-corrected chi connectivity index (χ1v) is 11.1. The first-order valence-electron chi connectivity index (χ1n) is 11.1. The van der Waals surface area contributed by atoms with Crippen molar-refractivity contribution in [2.75, 3.05) is 18.8 Å². The summed E-state index contributed by atoms with van der Waals surface area (Å²) in [6, 6.07) is 10.4. The lowest BCUT2D eigenvalue weighted by molar-refractivity contribution is 0.326. The quantitative estimate of drug-likeness (QED) is 0.368. The minimum Gasteiger partial charge on any atom is -0.397 e. The number of pyridine rings is 1. The summed E-state index contributed by atoms with van der Waals surface area (Å²) < 4.78 is 0. The van der Waals surface area contributed by atoms with Gasteiger partial charge in [-0.25, -0.2) is 0 Å². The van der Waals surface area contributed by atoms with Gasteiger partial charge in [-0.3, -0.25) is 10.1 Å². The molecule has 4 heterocycles. The highest BCUT2D eigenvalue weighted by Crippen LogP contribution is 2.34. The van der Waals surface area contributed by atoms with E-state index in [9.17, 15) is 0 Å². The van der Waals surface area contributed by atoms with E-state index in [0.29, 0.717) is 5.69 Å². The van der Waals surface area contributed by atoms with Gasteiger partial charge in [-0.05, 0) is 62.1 Å². The number of hydrogen-bond donors (Lipinski definition) is 3. The minimum absolute atomic E-state index is 0.652. The lowest BCUT2D eigenvalue weighted by Gasteiger charge is -2.31. The highest BCUT2D eigenvalue weighted by molar-refractivity contribution is 5.95. The zero-order chi connectivity index (χ0) is 22.1. The predicted molar refractivity (Wildman–Crippen MR) is 132 cm³/mol. The Morgan fingerprint density at radius 1 is 1.09 bits per heavy atom. The third-order valence-corrected chi connectivity index (χ3v) is 6.17. The molecule has 0 aliphatic carbocycles. The number of aromatic amines is 2. The van der Waals surface area contributed by atoms with Gasteiger partial charge in [-0.2, -0.15) is 5.10 Å². The molecule has 5 rings (SSSR count). The van der Waals surface area contributed by atoms with Crippen LogP contribution >= 0.6 is 0 Å². The molecule has 0 saturated carbocycles. The predicted octanol–water partition coefficient (Wildman–Crippen LogP) is 5.52. The number of rotatable bonds is 5. The maximum atomic E-state index is 5.94. The molecule has 32 heavy (non-hydrogen) atoms. The molecule has 1 aliphatic heterocycles. The summed E-state index contributed by atoms with van der Waals surface area (Å²) in [5, 5.41) is 8.87. The number of nitrogens with two attached hydrogens (primary N) is 1. The van der Waals surface area contributed by atoms with Crippen molar-refractivity contribution in [1.82, 2.24) is 25.1 Å². The van der Waals surface area contributed by atoms with Crippen molar-refractivity contribution in [1.29, 1.82) is 0 Å². The fraction of sp³-hybridized carbons (Fsp3) is 0.231. The third kappa shape index (κ3) is 3.68. The second-order valence-corrected chi connectivity index (χ2v) is 8.40. The van der Waals surface area contributed by atoms with E-state index in [0.717, 1.165) is 52.2 Å². The fourth-order valence-electron chi connectivity index (χ4n) is 4.58. The Labute approximate surface area is 187 Å². The van der Waals surface area contributed by atoms with Crippen LogP contribution < -0.4 is 5.73 Å². The number of H-pyrrole nitrogens is 2. The SMILES string of the molecule is C=C/C=C(\c1cc(-c2n[nH]c3ccc(-c4cncc(N)c4)cc23)[nH]c1C)N1CCCCC1. The molecule has 0 spiro atoms. The Balaban J connectivity index is 1.56. The molecular formula is C26H28N6. The van der Waals surface area contributed by atoms with Gasteiger partial charge in [0.2, 0.25) is 0 Å². The van der Waals surface area contributed by atoms with Crippen molar-refractivity contribution < 1.29 is 0 Å². The third-order valence-electron chi connectivity index (χ3n) is 6.17. The second-order valence-electron chi connectivity index (χ2n) is 8.40. The second kappa shape index (κ2) is 8.38. The number of anilines is 1. The summed E-state index contributed by atoms with van der Waals surface area (Å²) >= 11 is 0. The van der Waals surface area contributed by atoms with Crippen LogP contribution in [0.4, 0.5) is 5.69 Å². The standard InChI is InChI=1S/C26H28N6/c1-3-7-25(32-10-5-4-6-11-32)21-14-24(29-17(21)2)26-22-13-18(8-9-23(22)30-31-26)19-12-20(27)16-28-15-19/h3,7-9,12-16,29H,1,4-6,10-11,27H2,2H3,(H,30,31)/b25-7+. The van der Waals surface area contributed by atoms with Gasteiger partial charge in [0.1, 0.15) is 5.69 Å². The number of benzene rings is 1. The number of likely N-dealkylation sites (tertiary alicyclic amines) is 1. The molecule has 4 N–H and O–H groups in total. The van der Waals surface area contributed by atoms with Crippen molar-refractivity contribution in [3.8, 4) is 22.5 Å². The summed E-state index contributed by atoms with van der Waals surface area (Å²) in [6.07, 6.45) is 11.3. The number of nitrogens with zero attached hydrogens (tertiary/aromatic N) is 3. The lowest BCUT2D eigenvalue weighted by atomic mass is 10.0. The number of allylic oxidation sites excluding steroid dienone is 2. The zero-order valence-corrected chi connectivity index (χ0v) is 18.4. The molecule has 0 unspecified atom stereocenters. The molecule has 0 radical (unpaired) electrons. The van der Waals surface area contributed by atoms with E-state index < -0.39 is 0 Å². The zero-order valence-electron chi connectivity index (χ0n) is 18.4. The molecule has 1 saturated heterocycles. The molecule has 6 nitrogen and oxygen atoms in total. The number of aromatic nitrogens is 4. The van der Waals surface area contributed by atoms with Gasteiger partial charge in [-0.15, -0.1) is 0 Å². The Kier molecular flexibility index (Phi) is 5.27. The molecule has 4 aromatic rings. The summed E-state index contributed by atoms with van der Waals surface area (Å²) in [5.74, 6) is 0. The van der Waals surface area contributed by atoms with E-state index in [1.165, 1.54) is 30.5 Å². The molecule has 1 aliphatic rings. The molecule has 6 heteroatoms. The van der Waals surface area contributed by atoms with Crippen LogP contribution in [-0.4, -0.2) is 38.2 Å². The van der Waals surface area contributed by atoms with Crippen LogP contribution in [0.15, 0.2) is 61.5 Å². The molecule has 0 atom stereocenters. The average Bonchev–Trinajstić information content (AvgIpc) is 3.41. The summed E-state index contributed by atoms with van der Waals surface area (Å²) in [4.78, 5) is 10.3. The Bertz CT molecular complexity index is 1300. The topological polar surface area (TPSA) is 86.6 Å². The van der Waals surface area contributed by atoms with Gasteiger partial charge in [0.25, 0.3) is 0 Å². The van der Waals surface area contributed by atoms with Gasteiger partial charge >= 0.3 is 0 Å².